The molecule has 1 aliphatic rings. The molecular formula is C15H33N3O3Si. The molecule has 1 amide bonds. The van der Waals surface area contributed by atoms with E-state index in [9.17, 15) is 4.79 Å². The molecule has 0 aromatic carbocycles. The summed E-state index contributed by atoms with van der Waals surface area (Å²) in [5, 5.41) is 1.74. The van der Waals surface area contributed by atoms with E-state index in [-0.39, 0.29) is 29.3 Å². The first-order chi connectivity index (χ1) is 9.90. The second kappa shape index (κ2) is 6.96. The van der Waals surface area contributed by atoms with E-state index in [2.05, 4.69) is 33.9 Å². The number of hydrogen-bond acceptors (Lipinski definition) is 5. The molecule has 130 valence electrons. The minimum Gasteiger partial charge on any atom is -0.412 e. The van der Waals surface area contributed by atoms with Crippen molar-refractivity contribution in [1.29, 1.82) is 0 Å². The van der Waals surface area contributed by atoms with E-state index in [1.807, 2.05) is 4.90 Å². The van der Waals surface area contributed by atoms with Crippen LogP contribution in [0, 0.1) is 0 Å². The zero-order chi connectivity index (χ0) is 17.3. The normalized spacial score (nSPS) is 24.9. The molecule has 0 spiro atoms. The molecule has 1 rings (SSSR count). The van der Waals surface area contributed by atoms with Crippen molar-refractivity contribution >= 4 is 14.2 Å². The molecule has 0 radical (unpaired) electrons. The monoisotopic (exact) mass is 331 g/mol. The van der Waals surface area contributed by atoms with Gasteiger partial charge in [0.25, 0.3) is 0 Å². The van der Waals surface area contributed by atoms with Gasteiger partial charge in [0.2, 0.25) is 5.91 Å². The van der Waals surface area contributed by atoms with Crippen molar-refractivity contribution in [2.24, 2.45) is 5.73 Å². The third kappa shape index (κ3) is 4.29. The van der Waals surface area contributed by atoms with Crippen LogP contribution in [-0.4, -0.2) is 63.2 Å². The minimum absolute atomic E-state index is 0.0336. The summed E-state index contributed by atoms with van der Waals surface area (Å²) in [5.41, 5.74) is 6.24. The third-order valence-electron chi connectivity index (χ3n) is 5.08. The van der Waals surface area contributed by atoms with Crippen molar-refractivity contribution in [2.75, 3.05) is 20.7 Å². The van der Waals surface area contributed by atoms with E-state index in [1.54, 1.807) is 26.1 Å². The molecule has 2 N–H and O–H groups in total. The highest BCUT2D eigenvalue weighted by molar-refractivity contribution is 6.74. The van der Waals surface area contributed by atoms with Gasteiger partial charge < -0.3 is 19.9 Å². The Kier molecular flexibility index (Phi) is 6.20. The van der Waals surface area contributed by atoms with Gasteiger partial charge in [-0.25, -0.2) is 0 Å². The van der Waals surface area contributed by atoms with E-state index in [0.717, 1.165) is 6.42 Å². The van der Waals surface area contributed by atoms with E-state index in [1.165, 1.54) is 0 Å². The van der Waals surface area contributed by atoms with Crippen LogP contribution in [0.25, 0.3) is 0 Å². The second-order valence-electron chi connectivity index (χ2n) is 7.69. The molecule has 1 heterocycles. The number of hydrogen-bond donors (Lipinski definition) is 1. The molecule has 0 aromatic heterocycles. The number of rotatable bonds is 5. The van der Waals surface area contributed by atoms with Crippen LogP contribution < -0.4 is 5.73 Å². The van der Waals surface area contributed by atoms with Crippen LogP contribution in [0.3, 0.4) is 0 Å². The van der Waals surface area contributed by atoms with E-state index >= 15 is 0 Å². The van der Waals surface area contributed by atoms with E-state index < -0.39 is 8.32 Å². The summed E-state index contributed by atoms with van der Waals surface area (Å²) in [7, 11) is 1.50. The maximum Gasteiger partial charge on any atom is 0.219 e. The van der Waals surface area contributed by atoms with Crippen molar-refractivity contribution in [1.82, 2.24) is 9.96 Å². The number of nitrogens with zero attached hydrogens (tertiary/aromatic N) is 2. The largest absolute Gasteiger partial charge is 0.412 e. The van der Waals surface area contributed by atoms with Crippen LogP contribution in [0.1, 0.15) is 34.1 Å². The van der Waals surface area contributed by atoms with Gasteiger partial charge in [-0.1, -0.05) is 20.8 Å². The predicted molar refractivity (Wildman–Crippen MR) is 90.6 cm³/mol. The third-order valence-corrected chi connectivity index (χ3v) is 9.61. The quantitative estimate of drug-likeness (QED) is 0.472. The van der Waals surface area contributed by atoms with Gasteiger partial charge in [-0.2, -0.15) is 5.06 Å². The molecule has 6 nitrogen and oxygen atoms in total. The van der Waals surface area contributed by atoms with Gasteiger partial charge >= 0.3 is 0 Å². The summed E-state index contributed by atoms with van der Waals surface area (Å²) in [6.07, 6.45) is 0.439. The lowest BCUT2D eigenvalue weighted by Gasteiger charge is -2.38. The summed E-state index contributed by atoms with van der Waals surface area (Å²) >= 11 is 0. The van der Waals surface area contributed by atoms with Crippen molar-refractivity contribution in [3.63, 3.8) is 0 Å². The van der Waals surface area contributed by atoms with Gasteiger partial charge in [0.05, 0.1) is 19.3 Å². The molecule has 3 atom stereocenters. The lowest BCUT2D eigenvalue weighted by atomic mass is 10.1. The van der Waals surface area contributed by atoms with Crippen molar-refractivity contribution in [3.05, 3.63) is 0 Å². The van der Waals surface area contributed by atoms with Crippen LogP contribution in [0.4, 0.5) is 0 Å². The molecule has 7 heteroatoms. The number of likely N-dealkylation sites (tertiary alicyclic amines) is 1. The molecule has 0 saturated carbocycles. The second-order valence-corrected chi connectivity index (χ2v) is 12.5. The summed E-state index contributed by atoms with van der Waals surface area (Å²) in [6, 6.07) is -0.0859. The Hall–Kier alpha value is -0.473. The van der Waals surface area contributed by atoms with Crippen molar-refractivity contribution in [3.8, 4) is 0 Å². The molecule has 0 aliphatic carbocycles. The first-order valence-corrected chi connectivity index (χ1v) is 10.8. The Morgan fingerprint density at radius 2 is 1.95 bits per heavy atom. The van der Waals surface area contributed by atoms with Gasteiger partial charge in [-0.3, -0.25) is 4.79 Å². The number of nitrogens with two attached hydrogens (primary N) is 1. The fraction of sp³-hybridized carbons (Fsp3) is 0.933. The standard InChI is InChI=1S/C15H33N3O3Si/c1-11(19)18-10-12(21-22(7,8)15(2,3)4)9-13(18)14(16)17(5)20-6/h12-14H,9-10,16H2,1-8H3/t12?,13-,14?/m0/s1. The average molecular weight is 332 g/mol. The van der Waals surface area contributed by atoms with Gasteiger partial charge in [-0.05, 0) is 24.6 Å². The Morgan fingerprint density at radius 1 is 1.41 bits per heavy atom. The zero-order valence-corrected chi connectivity index (χ0v) is 16.3. The molecule has 0 bridgehead atoms. The van der Waals surface area contributed by atoms with Crippen molar-refractivity contribution in [2.45, 2.75) is 70.6 Å². The molecule has 1 saturated heterocycles. The highest BCUT2D eigenvalue weighted by Crippen LogP contribution is 2.39. The average Bonchev–Trinajstić information content (AvgIpc) is 2.78. The fourth-order valence-corrected chi connectivity index (χ4v) is 3.91. The SMILES string of the molecule is CON(C)C(N)[C@@H]1CC(O[Si](C)(C)C(C)(C)C)CN1C(C)=O. The zero-order valence-electron chi connectivity index (χ0n) is 15.3. The highest BCUT2D eigenvalue weighted by atomic mass is 28.4. The van der Waals surface area contributed by atoms with Gasteiger partial charge in [-0.15, -0.1) is 0 Å². The van der Waals surface area contributed by atoms with E-state index in [0.29, 0.717) is 6.54 Å². The number of carbonyl (C=O) groups excluding carboxylic acids is 1. The smallest absolute Gasteiger partial charge is 0.219 e. The first-order valence-electron chi connectivity index (χ1n) is 7.88. The Morgan fingerprint density at radius 3 is 2.36 bits per heavy atom. The van der Waals surface area contributed by atoms with Crippen LogP contribution in [-0.2, 0) is 14.1 Å². The number of amides is 1. The Balaban J connectivity index is 2.85. The van der Waals surface area contributed by atoms with E-state index in [4.69, 9.17) is 15.0 Å². The van der Waals surface area contributed by atoms with Crippen LogP contribution in [0.5, 0.6) is 0 Å². The Labute approximate surface area is 136 Å². The topological polar surface area (TPSA) is 68.0 Å². The maximum atomic E-state index is 11.9. The van der Waals surface area contributed by atoms with Gasteiger partial charge in [0.1, 0.15) is 6.17 Å². The summed E-state index contributed by atoms with van der Waals surface area (Å²) in [4.78, 5) is 18.9. The number of likely N-dealkylation sites (N-methyl/N-ethyl adjacent to an activating group) is 1. The predicted octanol–water partition coefficient (Wildman–Crippen LogP) is 1.78. The van der Waals surface area contributed by atoms with Gasteiger partial charge in [0, 0.05) is 20.5 Å². The van der Waals surface area contributed by atoms with Crippen LogP contribution in [0.2, 0.25) is 18.1 Å². The lowest BCUT2D eigenvalue weighted by Crippen LogP contribution is -2.53. The van der Waals surface area contributed by atoms with Crippen molar-refractivity contribution < 1.29 is 14.1 Å². The highest BCUT2D eigenvalue weighted by Gasteiger charge is 2.45. The number of hydroxylamine groups is 2. The molecule has 2 unspecified atom stereocenters. The van der Waals surface area contributed by atoms with Crippen LogP contribution >= 0.6 is 0 Å². The fourth-order valence-electron chi connectivity index (χ4n) is 2.55. The summed E-state index contributed by atoms with van der Waals surface area (Å²) < 4.78 is 6.47. The number of carbonyl (C=O) groups is 1. The Bertz CT molecular complexity index is 398. The molecule has 1 aliphatic heterocycles. The summed E-state index contributed by atoms with van der Waals surface area (Å²) in [6.45, 7) is 13.3. The van der Waals surface area contributed by atoms with Gasteiger partial charge in [0.15, 0.2) is 8.32 Å². The lowest BCUT2D eigenvalue weighted by molar-refractivity contribution is -0.158. The van der Waals surface area contributed by atoms with Crippen LogP contribution in [0.15, 0.2) is 0 Å². The first kappa shape index (κ1) is 19.6. The molecule has 1 fully saturated rings. The molecule has 22 heavy (non-hydrogen) atoms. The minimum atomic E-state index is -1.86. The maximum absolute atomic E-state index is 11.9. The molecule has 0 aromatic rings. The summed E-state index contributed by atoms with van der Waals surface area (Å²) in [5.74, 6) is 0.0336. The molecular weight excluding hydrogens is 298 g/mol.